The Bertz CT molecular complexity index is 806. The Morgan fingerprint density at radius 3 is 2.81 bits per heavy atom. The largest absolute Gasteiger partial charge is 0.336 e. The molecule has 26 heavy (non-hydrogen) atoms. The standard InChI is InChI=1S/C20H24N4O2/c1-14-12-16(7-9-21-14)5-6-18-4-3-11-24(18)20(26)17-8-10-22-19(13-17)23-15(2)25/h7-10,12-13,18H,3-6,11H2,1-2H3,(H,22,23,25). The third-order valence-electron chi connectivity index (χ3n) is 4.68. The van der Waals surface area contributed by atoms with Crippen molar-refractivity contribution in [3.63, 3.8) is 0 Å². The van der Waals surface area contributed by atoms with Crippen LogP contribution < -0.4 is 5.32 Å². The molecule has 6 heteroatoms. The van der Waals surface area contributed by atoms with Crippen LogP contribution in [0.4, 0.5) is 5.82 Å². The second-order valence-corrected chi connectivity index (χ2v) is 6.75. The number of pyridine rings is 2. The van der Waals surface area contributed by atoms with Gasteiger partial charge in [0.1, 0.15) is 5.82 Å². The SMILES string of the molecule is CC(=O)Nc1cc(C(=O)N2CCCC2CCc2ccnc(C)c2)ccn1. The lowest BCUT2D eigenvalue weighted by molar-refractivity contribution is -0.114. The number of nitrogens with zero attached hydrogens (tertiary/aromatic N) is 3. The van der Waals surface area contributed by atoms with Gasteiger partial charge in [0.15, 0.2) is 0 Å². The van der Waals surface area contributed by atoms with E-state index >= 15 is 0 Å². The fourth-order valence-electron chi connectivity index (χ4n) is 3.47. The normalized spacial score (nSPS) is 16.5. The molecular weight excluding hydrogens is 328 g/mol. The molecule has 3 rings (SSSR count). The topological polar surface area (TPSA) is 75.2 Å². The van der Waals surface area contributed by atoms with Crippen LogP contribution in [-0.4, -0.2) is 39.3 Å². The van der Waals surface area contributed by atoms with Crippen molar-refractivity contribution < 1.29 is 9.59 Å². The van der Waals surface area contributed by atoms with Crippen LogP contribution >= 0.6 is 0 Å². The first-order chi connectivity index (χ1) is 12.5. The zero-order valence-corrected chi connectivity index (χ0v) is 15.2. The molecule has 136 valence electrons. The lowest BCUT2D eigenvalue weighted by atomic mass is 10.0. The molecule has 2 aromatic rings. The highest BCUT2D eigenvalue weighted by molar-refractivity contribution is 5.96. The summed E-state index contributed by atoms with van der Waals surface area (Å²) in [6, 6.07) is 7.73. The number of likely N-dealkylation sites (tertiary alicyclic amines) is 1. The lowest BCUT2D eigenvalue weighted by Crippen LogP contribution is -2.35. The molecule has 0 bridgehead atoms. The Morgan fingerprint density at radius 2 is 2.04 bits per heavy atom. The molecule has 0 radical (unpaired) electrons. The summed E-state index contributed by atoms with van der Waals surface area (Å²) in [5.41, 5.74) is 2.84. The molecule has 0 saturated carbocycles. The lowest BCUT2D eigenvalue weighted by Gasteiger charge is -2.25. The molecule has 0 aliphatic carbocycles. The van der Waals surface area contributed by atoms with Gasteiger partial charge in [0.05, 0.1) is 0 Å². The number of nitrogens with one attached hydrogen (secondary N) is 1. The van der Waals surface area contributed by atoms with E-state index < -0.39 is 0 Å². The van der Waals surface area contributed by atoms with Crippen LogP contribution in [0.2, 0.25) is 0 Å². The summed E-state index contributed by atoms with van der Waals surface area (Å²) in [7, 11) is 0. The predicted octanol–water partition coefficient (Wildman–Crippen LogP) is 2.98. The molecule has 1 atom stereocenters. The fourth-order valence-corrected chi connectivity index (χ4v) is 3.47. The highest BCUT2D eigenvalue weighted by Gasteiger charge is 2.29. The summed E-state index contributed by atoms with van der Waals surface area (Å²) in [4.78, 5) is 34.4. The van der Waals surface area contributed by atoms with E-state index in [0.717, 1.165) is 37.9 Å². The highest BCUT2D eigenvalue weighted by Crippen LogP contribution is 2.24. The van der Waals surface area contributed by atoms with E-state index in [1.54, 1.807) is 18.3 Å². The van der Waals surface area contributed by atoms with Gasteiger partial charge in [0, 0.05) is 43.2 Å². The van der Waals surface area contributed by atoms with Crippen LogP contribution in [0.25, 0.3) is 0 Å². The minimum Gasteiger partial charge on any atom is -0.336 e. The number of hydrogen-bond donors (Lipinski definition) is 1. The molecule has 3 heterocycles. The number of anilines is 1. The monoisotopic (exact) mass is 352 g/mol. The molecule has 1 aliphatic rings. The Morgan fingerprint density at radius 1 is 1.23 bits per heavy atom. The summed E-state index contributed by atoms with van der Waals surface area (Å²) in [5.74, 6) is 0.215. The van der Waals surface area contributed by atoms with Crippen LogP contribution in [-0.2, 0) is 11.2 Å². The summed E-state index contributed by atoms with van der Waals surface area (Å²) >= 11 is 0. The molecule has 1 aliphatic heterocycles. The molecule has 1 N–H and O–H groups in total. The van der Waals surface area contributed by atoms with E-state index in [1.807, 2.05) is 24.1 Å². The number of hydrogen-bond acceptors (Lipinski definition) is 4. The van der Waals surface area contributed by atoms with E-state index in [-0.39, 0.29) is 17.9 Å². The quantitative estimate of drug-likeness (QED) is 0.898. The van der Waals surface area contributed by atoms with Crippen molar-refractivity contribution in [2.45, 2.75) is 45.6 Å². The molecule has 1 unspecified atom stereocenters. The molecule has 0 spiro atoms. The van der Waals surface area contributed by atoms with Crippen molar-refractivity contribution in [2.75, 3.05) is 11.9 Å². The van der Waals surface area contributed by atoms with E-state index in [0.29, 0.717) is 11.4 Å². The van der Waals surface area contributed by atoms with Gasteiger partial charge in [-0.1, -0.05) is 0 Å². The first kappa shape index (κ1) is 18.0. The van der Waals surface area contributed by atoms with Gasteiger partial charge in [-0.15, -0.1) is 0 Å². The molecule has 0 aromatic carbocycles. The first-order valence-corrected chi connectivity index (χ1v) is 8.99. The van der Waals surface area contributed by atoms with E-state index in [1.165, 1.54) is 12.5 Å². The zero-order valence-electron chi connectivity index (χ0n) is 15.2. The van der Waals surface area contributed by atoms with Gasteiger partial charge < -0.3 is 10.2 Å². The Kier molecular flexibility index (Phi) is 5.61. The third kappa shape index (κ3) is 4.45. The smallest absolute Gasteiger partial charge is 0.254 e. The van der Waals surface area contributed by atoms with Crippen molar-refractivity contribution in [2.24, 2.45) is 0 Å². The van der Waals surface area contributed by atoms with Gasteiger partial charge >= 0.3 is 0 Å². The number of aromatic nitrogens is 2. The zero-order chi connectivity index (χ0) is 18.5. The van der Waals surface area contributed by atoms with Crippen LogP contribution in [0.5, 0.6) is 0 Å². The van der Waals surface area contributed by atoms with Crippen LogP contribution in [0.1, 0.15) is 47.8 Å². The van der Waals surface area contributed by atoms with Crippen molar-refractivity contribution >= 4 is 17.6 Å². The van der Waals surface area contributed by atoms with Gasteiger partial charge in [-0.05, 0) is 62.4 Å². The summed E-state index contributed by atoms with van der Waals surface area (Å²) in [6.45, 7) is 4.19. The van der Waals surface area contributed by atoms with Gasteiger partial charge in [0.2, 0.25) is 5.91 Å². The summed E-state index contributed by atoms with van der Waals surface area (Å²) < 4.78 is 0. The average molecular weight is 352 g/mol. The third-order valence-corrected chi connectivity index (χ3v) is 4.68. The van der Waals surface area contributed by atoms with Crippen LogP contribution in [0, 0.1) is 6.92 Å². The second-order valence-electron chi connectivity index (χ2n) is 6.75. The van der Waals surface area contributed by atoms with Gasteiger partial charge in [0.25, 0.3) is 5.91 Å². The van der Waals surface area contributed by atoms with Crippen LogP contribution in [0.15, 0.2) is 36.7 Å². The maximum absolute atomic E-state index is 12.9. The van der Waals surface area contributed by atoms with Crippen molar-refractivity contribution in [1.29, 1.82) is 0 Å². The van der Waals surface area contributed by atoms with E-state index in [4.69, 9.17) is 0 Å². The van der Waals surface area contributed by atoms with Crippen LogP contribution in [0.3, 0.4) is 0 Å². The number of carbonyl (C=O) groups excluding carboxylic acids is 2. The van der Waals surface area contributed by atoms with Crippen molar-refractivity contribution in [1.82, 2.24) is 14.9 Å². The van der Waals surface area contributed by atoms with Crippen molar-refractivity contribution in [3.8, 4) is 0 Å². The fraction of sp³-hybridized carbons (Fsp3) is 0.400. The van der Waals surface area contributed by atoms with E-state index in [2.05, 4.69) is 21.4 Å². The summed E-state index contributed by atoms with van der Waals surface area (Å²) in [5, 5.41) is 2.63. The van der Waals surface area contributed by atoms with Gasteiger partial charge in [-0.25, -0.2) is 4.98 Å². The predicted molar refractivity (Wildman–Crippen MR) is 99.9 cm³/mol. The average Bonchev–Trinajstić information content (AvgIpc) is 3.07. The van der Waals surface area contributed by atoms with E-state index in [9.17, 15) is 9.59 Å². The molecule has 1 fully saturated rings. The Hall–Kier alpha value is -2.76. The number of carbonyl (C=O) groups is 2. The highest BCUT2D eigenvalue weighted by atomic mass is 16.2. The van der Waals surface area contributed by atoms with Gasteiger partial charge in [-0.3, -0.25) is 14.6 Å². The maximum Gasteiger partial charge on any atom is 0.254 e. The Balaban J connectivity index is 1.67. The second kappa shape index (κ2) is 8.08. The molecular formula is C20H24N4O2. The minimum absolute atomic E-state index is 0.00686. The first-order valence-electron chi connectivity index (χ1n) is 8.99. The maximum atomic E-state index is 12.9. The Labute approximate surface area is 153 Å². The molecule has 1 saturated heterocycles. The molecule has 6 nitrogen and oxygen atoms in total. The summed E-state index contributed by atoms with van der Waals surface area (Å²) in [6.07, 6.45) is 7.32. The van der Waals surface area contributed by atoms with Gasteiger partial charge in [-0.2, -0.15) is 0 Å². The molecule has 2 amide bonds. The molecule has 2 aromatic heterocycles. The minimum atomic E-state index is -0.200. The number of amides is 2. The number of rotatable bonds is 5. The number of aryl methyl sites for hydroxylation is 2. The van der Waals surface area contributed by atoms with Crippen molar-refractivity contribution in [3.05, 3.63) is 53.5 Å².